The quantitative estimate of drug-likeness (QED) is 0.814. The van der Waals surface area contributed by atoms with Crippen LogP contribution in [0.3, 0.4) is 0 Å². The molecule has 0 radical (unpaired) electrons. The lowest BCUT2D eigenvalue weighted by Gasteiger charge is -2.13. The maximum atomic E-state index is 12.1. The predicted molar refractivity (Wildman–Crippen MR) is 79.4 cm³/mol. The fourth-order valence-electron chi connectivity index (χ4n) is 2.68. The molecule has 1 N–H and O–H groups in total. The Hall–Kier alpha value is -1.57. The molecule has 0 saturated carbocycles. The topological polar surface area (TPSA) is 29.1 Å². The maximum Gasteiger partial charge on any atom is 0.251 e. The molecule has 1 aliphatic carbocycles. The van der Waals surface area contributed by atoms with Crippen LogP contribution in [0.4, 0.5) is 0 Å². The van der Waals surface area contributed by atoms with Crippen molar-refractivity contribution in [3.05, 3.63) is 46.5 Å². The number of aryl methyl sites for hydroxylation is 2. The molecule has 0 aromatic heterocycles. The Morgan fingerprint density at radius 2 is 1.89 bits per heavy atom. The van der Waals surface area contributed by atoms with E-state index in [-0.39, 0.29) is 5.91 Å². The van der Waals surface area contributed by atoms with Crippen molar-refractivity contribution in [2.75, 3.05) is 6.54 Å². The third-order valence-corrected chi connectivity index (χ3v) is 3.60. The van der Waals surface area contributed by atoms with E-state index in [4.69, 9.17) is 0 Å². The summed E-state index contributed by atoms with van der Waals surface area (Å²) in [7, 11) is 0. The van der Waals surface area contributed by atoms with Crippen molar-refractivity contribution in [1.29, 1.82) is 0 Å². The number of allylic oxidation sites excluding steroid dienone is 1. The van der Waals surface area contributed by atoms with Gasteiger partial charge in [0.05, 0.1) is 0 Å². The number of hydrogen-bond acceptors (Lipinski definition) is 1. The highest BCUT2D eigenvalue weighted by molar-refractivity contribution is 5.94. The molecule has 102 valence electrons. The SMILES string of the molecule is Cc1cc(C)cc(C(=O)NCCC2=CCCCC2)c1. The minimum Gasteiger partial charge on any atom is -0.352 e. The molecular formula is C17H23NO. The third-order valence-electron chi connectivity index (χ3n) is 3.60. The molecule has 0 aliphatic heterocycles. The number of carbonyl (C=O) groups is 1. The Kier molecular flexibility index (Phi) is 4.78. The molecule has 0 spiro atoms. The molecule has 0 fully saturated rings. The lowest BCUT2D eigenvalue weighted by molar-refractivity contribution is 0.0954. The highest BCUT2D eigenvalue weighted by atomic mass is 16.1. The smallest absolute Gasteiger partial charge is 0.251 e. The number of benzene rings is 1. The Labute approximate surface area is 115 Å². The molecule has 2 nitrogen and oxygen atoms in total. The highest BCUT2D eigenvalue weighted by Crippen LogP contribution is 2.19. The van der Waals surface area contributed by atoms with Gasteiger partial charge in [-0.2, -0.15) is 0 Å². The zero-order valence-electron chi connectivity index (χ0n) is 12.0. The van der Waals surface area contributed by atoms with Gasteiger partial charge < -0.3 is 5.32 Å². The van der Waals surface area contributed by atoms with Crippen molar-refractivity contribution in [3.63, 3.8) is 0 Å². The number of nitrogens with one attached hydrogen (secondary N) is 1. The molecule has 1 aliphatic rings. The average Bonchev–Trinajstić information content (AvgIpc) is 2.38. The minimum atomic E-state index is 0.0446. The number of rotatable bonds is 4. The normalized spacial score (nSPS) is 14.9. The molecule has 0 heterocycles. The second-order valence-electron chi connectivity index (χ2n) is 5.49. The first-order chi connectivity index (χ1) is 9.15. The summed E-state index contributed by atoms with van der Waals surface area (Å²) in [5.74, 6) is 0.0446. The summed E-state index contributed by atoms with van der Waals surface area (Å²) in [6, 6.07) is 5.98. The Bertz CT molecular complexity index is 468. The first-order valence-corrected chi connectivity index (χ1v) is 7.19. The highest BCUT2D eigenvalue weighted by Gasteiger charge is 2.07. The van der Waals surface area contributed by atoms with Gasteiger partial charge in [0.1, 0.15) is 0 Å². The van der Waals surface area contributed by atoms with E-state index in [9.17, 15) is 4.79 Å². The summed E-state index contributed by atoms with van der Waals surface area (Å²) in [5.41, 5.74) is 4.56. The van der Waals surface area contributed by atoms with Crippen molar-refractivity contribution in [3.8, 4) is 0 Å². The standard InChI is InChI=1S/C17H23NO/c1-13-10-14(2)12-16(11-13)17(19)18-9-8-15-6-4-3-5-7-15/h6,10-12H,3-5,7-9H2,1-2H3,(H,18,19). The predicted octanol–water partition coefficient (Wildman–Crippen LogP) is 3.92. The van der Waals surface area contributed by atoms with Gasteiger partial charge in [0.15, 0.2) is 0 Å². The van der Waals surface area contributed by atoms with E-state index in [2.05, 4.69) is 17.5 Å². The average molecular weight is 257 g/mol. The Morgan fingerprint density at radius 1 is 1.16 bits per heavy atom. The Balaban J connectivity index is 1.85. The van der Waals surface area contributed by atoms with Gasteiger partial charge in [-0.15, -0.1) is 0 Å². The van der Waals surface area contributed by atoms with Gasteiger partial charge in [0, 0.05) is 12.1 Å². The number of carbonyl (C=O) groups excluding carboxylic acids is 1. The van der Waals surface area contributed by atoms with Crippen LogP contribution in [0.5, 0.6) is 0 Å². The molecule has 0 saturated heterocycles. The summed E-state index contributed by atoms with van der Waals surface area (Å²) in [4.78, 5) is 12.1. The van der Waals surface area contributed by atoms with Crippen LogP contribution in [-0.2, 0) is 0 Å². The van der Waals surface area contributed by atoms with Gasteiger partial charge in [0.2, 0.25) is 0 Å². The number of hydrogen-bond donors (Lipinski definition) is 1. The van der Waals surface area contributed by atoms with Crippen molar-refractivity contribution < 1.29 is 4.79 Å². The molecule has 0 atom stereocenters. The second-order valence-corrected chi connectivity index (χ2v) is 5.49. The van der Waals surface area contributed by atoms with Crippen LogP contribution in [0.25, 0.3) is 0 Å². The van der Waals surface area contributed by atoms with E-state index in [0.29, 0.717) is 0 Å². The van der Waals surface area contributed by atoms with Crippen molar-refractivity contribution >= 4 is 5.91 Å². The summed E-state index contributed by atoms with van der Waals surface area (Å²) < 4.78 is 0. The van der Waals surface area contributed by atoms with Gasteiger partial charge in [-0.05, 0) is 58.1 Å². The van der Waals surface area contributed by atoms with Crippen LogP contribution in [0.2, 0.25) is 0 Å². The van der Waals surface area contributed by atoms with Crippen LogP contribution in [0.15, 0.2) is 29.8 Å². The van der Waals surface area contributed by atoms with Gasteiger partial charge >= 0.3 is 0 Å². The lowest BCUT2D eigenvalue weighted by atomic mass is 9.97. The summed E-state index contributed by atoms with van der Waals surface area (Å²) in [6.07, 6.45) is 8.37. The molecule has 2 heteroatoms. The largest absolute Gasteiger partial charge is 0.352 e. The fraction of sp³-hybridized carbons (Fsp3) is 0.471. The molecule has 19 heavy (non-hydrogen) atoms. The fourth-order valence-corrected chi connectivity index (χ4v) is 2.68. The summed E-state index contributed by atoms with van der Waals surface area (Å²) in [6.45, 7) is 4.80. The maximum absolute atomic E-state index is 12.1. The van der Waals surface area contributed by atoms with Gasteiger partial charge in [-0.3, -0.25) is 4.79 Å². The zero-order chi connectivity index (χ0) is 13.7. The summed E-state index contributed by atoms with van der Waals surface area (Å²) >= 11 is 0. The minimum absolute atomic E-state index is 0.0446. The lowest BCUT2D eigenvalue weighted by Crippen LogP contribution is -2.25. The van der Waals surface area contributed by atoms with Crippen LogP contribution in [-0.4, -0.2) is 12.5 Å². The first kappa shape index (κ1) is 13.9. The molecule has 2 rings (SSSR count). The van der Waals surface area contributed by atoms with Crippen LogP contribution < -0.4 is 5.32 Å². The van der Waals surface area contributed by atoms with Gasteiger partial charge in [-0.25, -0.2) is 0 Å². The molecule has 1 aromatic carbocycles. The van der Waals surface area contributed by atoms with Crippen LogP contribution >= 0.6 is 0 Å². The monoisotopic (exact) mass is 257 g/mol. The molecule has 1 amide bonds. The zero-order valence-corrected chi connectivity index (χ0v) is 12.0. The molecule has 0 unspecified atom stereocenters. The van der Waals surface area contributed by atoms with Crippen molar-refractivity contribution in [2.24, 2.45) is 0 Å². The van der Waals surface area contributed by atoms with Crippen molar-refractivity contribution in [1.82, 2.24) is 5.32 Å². The van der Waals surface area contributed by atoms with Gasteiger partial charge in [0.25, 0.3) is 5.91 Å². The van der Waals surface area contributed by atoms with E-state index in [1.165, 1.54) is 31.3 Å². The van der Waals surface area contributed by atoms with E-state index in [1.807, 2.05) is 26.0 Å². The van der Waals surface area contributed by atoms with E-state index < -0.39 is 0 Å². The van der Waals surface area contributed by atoms with E-state index >= 15 is 0 Å². The Morgan fingerprint density at radius 3 is 2.53 bits per heavy atom. The second kappa shape index (κ2) is 6.55. The number of amides is 1. The summed E-state index contributed by atoms with van der Waals surface area (Å²) in [5, 5.41) is 3.02. The molecular weight excluding hydrogens is 234 g/mol. The van der Waals surface area contributed by atoms with Crippen LogP contribution in [0.1, 0.15) is 53.6 Å². The van der Waals surface area contributed by atoms with Crippen molar-refractivity contribution in [2.45, 2.75) is 46.0 Å². The molecule has 0 bridgehead atoms. The third kappa shape index (κ3) is 4.23. The first-order valence-electron chi connectivity index (χ1n) is 7.19. The molecule has 1 aromatic rings. The van der Waals surface area contributed by atoms with E-state index in [1.54, 1.807) is 0 Å². The van der Waals surface area contributed by atoms with Gasteiger partial charge in [-0.1, -0.05) is 28.8 Å². The van der Waals surface area contributed by atoms with E-state index in [0.717, 1.165) is 29.7 Å². The van der Waals surface area contributed by atoms with Crippen LogP contribution in [0, 0.1) is 13.8 Å².